The van der Waals surface area contributed by atoms with Crippen LogP contribution in [0, 0.1) is 34.5 Å². The van der Waals surface area contributed by atoms with E-state index in [9.17, 15) is 18.7 Å². The number of hydrogen-bond acceptors (Lipinski definition) is 6. The van der Waals surface area contributed by atoms with Crippen LogP contribution in [0.25, 0.3) is 0 Å². The Bertz CT molecular complexity index is 980. The van der Waals surface area contributed by atoms with E-state index in [0.717, 1.165) is 31.1 Å². The molecule has 0 aliphatic heterocycles. The minimum absolute atomic E-state index is 0.107. The Labute approximate surface area is 179 Å². The molecule has 8 heteroatoms. The number of allylic oxidation sites excluding steroid dienone is 4. The van der Waals surface area contributed by atoms with Gasteiger partial charge >= 0.3 is 0 Å². The van der Waals surface area contributed by atoms with E-state index in [2.05, 4.69) is 48.0 Å². The molecular formula is C22H33N3O4S. The first-order chi connectivity index (χ1) is 13.8. The molecule has 0 spiro atoms. The van der Waals surface area contributed by atoms with Crippen LogP contribution in [0.2, 0.25) is 0 Å². The Morgan fingerprint density at radius 2 is 1.97 bits per heavy atom. The quantitative estimate of drug-likeness (QED) is 0.457. The predicted molar refractivity (Wildman–Crippen MR) is 117 cm³/mol. The second-order valence-corrected chi connectivity index (χ2v) is 12.3. The van der Waals surface area contributed by atoms with Crippen LogP contribution in [0.1, 0.15) is 53.4 Å². The van der Waals surface area contributed by atoms with Crippen molar-refractivity contribution in [2.24, 2.45) is 44.8 Å². The van der Waals surface area contributed by atoms with E-state index in [1.54, 1.807) is 0 Å². The van der Waals surface area contributed by atoms with E-state index < -0.39 is 15.6 Å². The van der Waals surface area contributed by atoms with Gasteiger partial charge in [0.1, 0.15) is 11.4 Å². The smallest absolute Gasteiger partial charge is 0.244 e. The summed E-state index contributed by atoms with van der Waals surface area (Å²) < 4.78 is 22.9. The summed E-state index contributed by atoms with van der Waals surface area (Å²) in [6, 6.07) is 0. The monoisotopic (exact) mass is 435 g/mol. The molecule has 2 fully saturated rings. The van der Waals surface area contributed by atoms with Gasteiger partial charge in [-0.3, -0.25) is 0 Å². The van der Waals surface area contributed by atoms with Crippen molar-refractivity contribution in [1.29, 1.82) is 0 Å². The van der Waals surface area contributed by atoms with Gasteiger partial charge in [0, 0.05) is 11.8 Å². The van der Waals surface area contributed by atoms with E-state index in [4.69, 9.17) is 0 Å². The Morgan fingerprint density at radius 1 is 1.27 bits per heavy atom. The zero-order chi connectivity index (χ0) is 22.1. The number of aliphatic hydroxyl groups is 1. The van der Waals surface area contributed by atoms with Gasteiger partial charge in [0.2, 0.25) is 10.0 Å². The molecule has 0 saturated heterocycles. The third-order valence-electron chi connectivity index (χ3n) is 8.70. The molecule has 30 heavy (non-hydrogen) atoms. The van der Waals surface area contributed by atoms with Crippen LogP contribution in [0.15, 0.2) is 34.1 Å². The van der Waals surface area contributed by atoms with Gasteiger partial charge in [-0.05, 0) is 66.9 Å². The molecular weight excluding hydrogens is 402 g/mol. The molecule has 0 amide bonds. The lowest BCUT2D eigenvalue weighted by atomic mass is 9.45. The average molecular weight is 436 g/mol. The topological polar surface area (TPSA) is 111 Å². The molecule has 2 unspecified atom stereocenters. The fourth-order valence-corrected chi connectivity index (χ4v) is 7.44. The summed E-state index contributed by atoms with van der Waals surface area (Å²) in [5.74, 6) is 1.50. The summed E-state index contributed by atoms with van der Waals surface area (Å²) in [7, 11) is -3.50. The lowest BCUT2D eigenvalue weighted by Crippen LogP contribution is -2.56. The molecule has 0 aromatic carbocycles. The molecule has 0 heterocycles. The first kappa shape index (κ1) is 21.6. The highest BCUT2D eigenvalue weighted by atomic mass is 32.2. The highest BCUT2D eigenvalue weighted by Crippen LogP contribution is 2.67. The Kier molecular flexibility index (Phi) is 4.79. The van der Waals surface area contributed by atoms with Crippen LogP contribution in [-0.2, 0) is 10.0 Å². The summed E-state index contributed by atoms with van der Waals surface area (Å²) in [6.07, 6.45) is 10.6. The van der Waals surface area contributed by atoms with Gasteiger partial charge in [-0.2, -0.15) is 5.10 Å². The summed E-state index contributed by atoms with van der Waals surface area (Å²) in [6.45, 7) is 8.74. The average Bonchev–Trinajstić information content (AvgIpc) is 2.87. The summed E-state index contributed by atoms with van der Waals surface area (Å²) in [5, 5.41) is 28.3. The Hall–Kier alpha value is -1.67. The zero-order valence-corrected chi connectivity index (χ0v) is 19.2. The van der Waals surface area contributed by atoms with E-state index in [-0.39, 0.29) is 10.8 Å². The van der Waals surface area contributed by atoms with Crippen molar-refractivity contribution in [2.45, 2.75) is 59.0 Å². The van der Waals surface area contributed by atoms with Crippen molar-refractivity contribution in [2.75, 3.05) is 6.26 Å². The lowest BCUT2D eigenvalue weighted by molar-refractivity contribution is -0.120. The molecule has 4 rings (SSSR count). The van der Waals surface area contributed by atoms with E-state index in [0.29, 0.717) is 41.5 Å². The predicted octanol–water partition coefficient (Wildman–Crippen LogP) is 3.07. The highest BCUT2D eigenvalue weighted by Gasteiger charge is 2.63. The first-order valence-corrected chi connectivity index (χ1v) is 12.6. The standard InChI is InChI=1S/C22H33N3O4S/c1-13-11-21(3)16(8-9-22(21,4)26)15-7-6-14-10-17(23-25-30(5,28)29)18(24-27)12-20(14,2)19(13)15/h6-7,10,13,15-16,19,25-27H,8-9,11-12H2,1-5H3/t13?,15-,16-,19+,20-,21-,22?/m0/s1. The highest BCUT2D eigenvalue weighted by molar-refractivity contribution is 7.88. The number of nitrogens with one attached hydrogen (secondary N) is 1. The number of rotatable bonds is 2. The molecule has 4 aliphatic rings. The van der Waals surface area contributed by atoms with E-state index in [1.807, 2.05) is 13.0 Å². The number of oxime groups is 1. The molecule has 0 aromatic heterocycles. The zero-order valence-electron chi connectivity index (χ0n) is 18.4. The second kappa shape index (κ2) is 6.66. The van der Waals surface area contributed by atoms with Gasteiger partial charge in [0.25, 0.3) is 0 Å². The molecule has 166 valence electrons. The van der Waals surface area contributed by atoms with Crippen LogP contribution >= 0.6 is 0 Å². The Balaban J connectivity index is 1.78. The second-order valence-electron chi connectivity index (χ2n) is 10.6. The van der Waals surface area contributed by atoms with Crippen molar-refractivity contribution >= 4 is 21.4 Å². The number of sulfonamides is 1. The summed E-state index contributed by atoms with van der Waals surface area (Å²) >= 11 is 0. The molecule has 2 saturated carbocycles. The maximum atomic E-state index is 11.5. The summed E-state index contributed by atoms with van der Waals surface area (Å²) in [5.41, 5.74) is 0.833. The first-order valence-electron chi connectivity index (χ1n) is 10.7. The van der Waals surface area contributed by atoms with E-state index in [1.165, 1.54) is 0 Å². The van der Waals surface area contributed by atoms with Crippen molar-refractivity contribution in [3.05, 3.63) is 23.8 Å². The third kappa shape index (κ3) is 3.06. The number of hydrogen-bond donors (Lipinski definition) is 3. The SMILES string of the molecule is CC1C[C@@]2(C)[C@@H](CCC2(C)O)[C@@H]2C=CC3=CC(=NNS(C)(=O)=O)C(=NO)C[C@]3(C)[C@H]12. The van der Waals surface area contributed by atoms with Crippen molar-refractivity contribution in [3.63, 3.8) is 0 Å². The van der Waals surface area contributed by atoms with Gasteiger partial charge in [0.15, 0.2) is 0 Å². The number of fused-ring (bicyclic) bond motifs is 5. The van der Waals surface area contributed by atoms with Crippen LogP contribution in [0.4, 0.5) is 0 Å². The van der Waals surface area contributed by atoms with Gasteiger partial charge in [0.05, 0.1) is 11.9 Å². The molecule has 3 N–H and O–H groups in total. The normalized spacial score (nSPS) is 48.1. The van der Waals surface area contributed by atoms with Crippen LogP contribution in [0.3, 0.4) is 0 Å². The molecule has 7 nitrogen and oxygen atoms in total. The van der Waals surface area contributed by atoms with Crippen molar-refractivity contribution < 1.29 is 18.7 Å². The van der Waals surface area contributed by atoms with Gasteiger partial charge in [-0.1, -0.05) is 38.1 Å². The van der Waals surface area contributed by atoms with Gasteiger partial charge < -0.3 is 10.3 Å². The van der Waals surface area contributed by atoms with Crippen molar-refractivity contribution in [1.82, 2.24) is 4.83 Å². The number of hydrazone groups is 1. The molecule has 7 atom stereocenters. The molecule has 0 radical (unpaired) electrons. The summed E-state index contributed by atoms with van der Waals surface area (Å²) in [4.78, 5) is 2.15. The van der Waals surface area contributed by atoms with Crippen LogP contribution in [-0.4, -0.2) is 42.0 Å². The molecule has 0 bridgehead atoms. The van der Waals surface area contributed by atoms with Crippen LogP contribution < -0.4 is 4.83 Å². The van der Waals surface area contributed by atoms with E-state index >= 15 is 0 Å². The van der Waals surface area contributed by atoms with Crippen molar-refractivity contribution in [3.8, 4) is 0 Å². The fraction of sp³-hybridized carbons (Fsp3) is 0.727. The third-order valence-corrected chi connectivity index (χ3v) is 9.12. The minimum Gasteiger partial charge on any atom is -0.411 e. The van der Waals surface area contributed by atoms with Gasteiger partial charge in [-0.15, -0.1) is 0 Å². The number of nitrogens with zero attached hydrogens (tertiary/aromatic N) is 2. The van der Waals surface area contributed by atoms with Gasteiger partial charge in [-0.25, -0.2) is 13.2 Å². The van der Waals surface area contributed by atoms with Crippen LogP contribution in [0.5, 0.6) is 0 Å². The maximum Gasteiger partial charge on any atom is 0.244 e. The largest absolute Gasteiger partial charge is 0.411 e. The molecule has 0 aromatic rings. The maximum absolute atomic E-state index is 11.5. The lowest BCUT2D eigenvalue weighted by Gasteiger charge is -2.59. The fourth-order valence-electron chi connectivity index (χ4n) is 7.18. The minimum atomic E-state index is -3.50. The molecule has 4 aliphatic carbocycles. The Morgan fingerprint density at radius 3 is 2.60 bits per heavy atom.